The summed E-state index contributed by atoms with van der Waals surface area (Å²) in [5.41, 5.74) is 1.90. The average molecular weight is 433 g/mol. The van der Waals surface area contributed by atoms with Gasteiger partial charge in [-0.25, -0.2) is 0 Å². The summed E-state index contributed by atoms with van der Waals surface area (Å²) in [6.45, 7) is 5.18. The van der Waals surface area contributed by atoms with Crippen LogP contribution in [0.1, 0.15) is 37.7 Å². The standard InChI is InChI=1S/C26H32N4O2/c1-19(28-24(31)23-16-22(23)20-8-4-2-5-9-20)17-29-14-12-26(13-15-29)25(32)27-18-30(26)21-10-6-3-7-11-21/h2-11,19,22-23H,12-18H2,1H3,(H,27,32)(H,28,31)/t19-,22-,23?/m0/s1. The van der Waals surface area contributed by atoms with Crippen LogP contribution in [0.4, 0.5) is 5.69 Å². The number of rotatable bonds is 6. The fourth-order valence-electron chi connectivity index (χ4n) is 5.47. The van der Waals surface area contributed by atoms with Crippen molar-refractivity contribution < 1.29 is 9.59 Å². The fourth-order valence-corrected chi connectivity index (χ4v) is 5.47. The second kappa shape index (κ2) is 8.58. The topological polar surface area (TPSA) is 64.7 Å². The van der Waals surface area contributed by atoms with Gasteiger partial charge in [-0.15, -0.1) is 0 Å². The van der Waals surface area contributed by atoms with Crippen LogP contribution >= 0.6 is 0 Å². The first-order valence-electron chi connectivity index (χ1n) is 11.8. The van der Waals surface area contributed by atoms with Gasteiger partial charge in [-0.1, -0.05) is 48.5 Å². The van der Waals surface area contributed by atoms with Gasteiger partial charge in [0.2, 0.25) is 11.8 Å². The van der Waals surface area contributed by atoms with Crippen LogP contribution in [0, 0.1) is 5.92 Å². The molecule has 2 aromatic rings. The Kier molecular flexibility index (Phi) is 5.64. The van der Waals surface area contributed by atoms with E-state index < -0.39 is 5.54 Å². The highest BCUT2D eigenvalue weighted by Gasteiger charge is 2.50. The predicted octanol–water partition coefficient (Wildman–Crippen LogP) is 2.72. The molecule has 1 spiro atoms. The monoisotopic (exact) mass is 432 g/mol. The Hall–Kier alpha value is -2.86. The van der Waals surface area contributed by atoms with Gasteiger partial charge in [0, 0.05) is 37.3 Å². The molecule has 0 radical (unpaired) electrons. The van der Waals surface area contributed by atoms with Gasteiger partial charge in [0.05, 0.1) is 6.67 Å². The molecule has 1 unspecified atom stereocenters. The van der Waals surface area contributed by atoms with Crippen molar-refractivity contribution in [1.82, 2.24) is 15.5 Å². The van der Waals surface area contributed by atoms with E-state index in [1.54, 1.807) is 0 Å². The molecule has 2 heterocycles. The minimum atomic E-state index is -0.457. The highest BCUT2D eigenvalue weighted by Crippen LogP contribution is 2.47. The molecule has 32 heavy (non-hydrogen) atoms. The van der Waals surface area contributed by atoms with Gasteiger partial charge < -0.3 is 20.4 Å². The van der Waals surface area contributed by atoms with E-state index >= 15 is 0 Å². The summed E-state index contributed by atoms with van der Waals surface area (Å²) in [5.74, 6) is 0.780. The maximum Gasteiger partial charge on any atom is 0.247 e. The first-order chi connectivity index (χ1) is 15.6. The summed E-state index contributed by atoms with van der Waals surface area (Å²) in [7, 11) is 0. The number of carbonyl (C=O) groups excluding carboxylic acids is 2. The predicted molar refractivity (Wildman–Crippen MR) is 125 cm³/mol. The van der Waals surface area contributed by atoms with Crippen LogP contribution in [-0.4, -0.2) is 54.6 Å². The van der Waals surface area contributed by atoms with Crippen molar-refractivity contribution in [3.63, 3.8) is 0 Å². The number of nitrogens with one attached hydrogen (secondary N) is 2. The van der Waals surface area contributed by atoms with Gasteiger partial charge in [0.25, 0.3) is 0 Å². The molecule has 2 aromatic carbocycles. The Labute approximate surface area is 190 Å². The number of piperidine rings is 1. The van der Waals surface area contributed by atoms with Gasteiger partial charge in [0.15, 0.2) is 0 Å². The SMILES string of the molecule is C[C@@H](CN1CCC2(CC1)C(=O)NCN2c1ccccc1)NC(=O)C1C[C@H]1c1ccccc1. The molecule has 5 rings (SSSR count). The number of carbonyl (C=O) groups is 2. The molecule has 6 heteroatoms. The Balaban J connectivity index is 1.13. The van der Waals surface area contributed by atoms with E-state index in [0.717, 1.165) is 44.6 Å². The summed E-state index contributed by atoms with van der Waals surface area (Å²) in [4.78, 5) is 30.1. The zero-order valence-electron chi connectivity index (χ0n) is 18.7. The average Bonchev–Trinajstić information content (AvgIpc) is 3.57. The molecule has 0 bridgehead atoms. The van der Waals surface area contributed by atoms with Crippen LogP contribution in [0.5, 0.6) is 0 Å². The lowest BCUT2D eigenvalue weighted by Crippen LogP contribution is -2.57. The maximum absolute atomic E-state index is 12.8. The highest BCUT2D eigenvalue weighted by atomic mass is 16.2. The lowest BCUT2D eigenvalue weighted by Gasteiger charge is -2.43. The van der Waals surface area contributed by atoms with Gasteiger partial charge in [-0.3, -0.25) is 9.59 Å². The van der Waals surface area contributed by atoms with E-state index in [9.17, 15) is 9.59 Å². The van der Waals surface area contributed by atoms with Crippen LogP contribution < -0.4 is 15.5 Å². The summed E-state index contributed by atoms with van der Waals surface area (Å²) in [6.07, 6.45) is 2.54. The lowest BCUT2D eigenvalue weighted by molar-refractivity contribution is -0.125. The molecule has 2 saturated heterocycles. The lowest BCUT2D eigenvalue weighted by atomic mass is 9.85. The minimum Gasteiger partial charge on any atom is -0.352 e. The summed E-state index contributed by atoms with van der Waals surface area (Å²) in [6, 6.07) is 20.6. The highest BCUT2D eigenvalue weighted by molar-refractivity contribution is 5.93. The van der Waals surface area contributed by atoms with E-state index in [-0.39, 0.29) is 23.8 Å². The van der Waals surface area contributed by atoms with E-state index in [1.165, 1.54) is 5.56 Å². The zero-order chi connectivity index (χ0) is 22.1. The normalized spacial score (nSPS) is 25.4. The Morgan fingerprint density at radius 2 is 1.75 bits per heavy atom. The largest absolute Gasteiger partial charge is 0.352 e. The van der Waals surface area contributed by atoms with Crippen LogP contribution in [0.3, 0.4) is 0 Å². The molecule has 0 aromatic heterocycles. The van der Waals surface area contributed by atoms with E-state index in [4.69, 9.17) is 0 Å². The Morgan fingerprint density at radius 1 is 1.09 bits per heavy atom. The Bertz CT molecular complexity index is 956. The number of hydrogen-bond donors (Lipinski definition) is 2. The molecule has 2 N–H and O–H groups in total. The quantitative estimate of drug-likeness (QED) is 0.737. The summed E-state index contributed by atoms with van der Waals surface area (Å²) >= 11 is 0. The molecular weight excluding hydrogens is 400 g/mol. The van der Waals surface area contributed by atoms with Crippen LogP contribution in [0.15, 0.2) is 60.7 Å². The number of hydrogen-bond acceptors (Lipinski definition) is 4. The van der Waals surface area contributed by atoms with Crippen molar-refractivity contribution in [1.29, 1.82) is 0 Å². The molecule has 2 amide bonds. The molecule has 3 atom stereocenters. The van der Waals surface area contributed by atoms with Gasteiger partial charge in [0.1, 0.15) is 5.54 Å². The van der Waals surface area contributed by atoms with Gasteiger partial charge >= 0.3 is 0 Å². The molecule has 6 nitrogen and oxygen atoms in total. The third-order valence-electron chi connectivity index (χ3n) is 7.36. The number of para-hydroxylation sites is 1. The van der Waals surface area contributed by atoms with Crippen LogP contribution in [-0.2, 0) is 9.59 Å². The van der Waals surface area contributed by atoms with Crippen molar-refractivity contribution in [2.75, 3.05) is 31.2 Å². The molecule has 3 aliphatic rings. The van der Waals surface area contributed by atoms with Crippen molar-refractivity contribution in [2.45, 2.75) is 43.7 Å². The maximum atomic E-state index is 12.8. The number of benzene rings is 2. The second-order valence-corrected chi connectivity index (χ2v) is 9.53. The Morgan fingerprint density at radius 3 is 2.44 bits per heavy atom. The molecule has 3 fully saturated rings. The zero-order valence-corrected chi connectivity index (χ0v) is 18.7. The first-order valence-corrected chi connectivity index (χ1v) is 11.8. The number of likely N-dealkylation sites (tertiary alicyclic amines) is 1. The number of nitrogens with zero attached hydrogens (tertiary/aromatic N) is 2. The summed E-state index contributed by atoms with van der Waals surface area (Å²) < 4.78 is 0. The number of amides is 2. The van der Waals surface area contributed by atoms with E-state index in [0.29, 0.717) is 12.6 Å². The van der Waals surface area contributed by atoms with Gasteiger partial charge in [-0.05, 0) is 49.8 Å². The van der Waals surface area contributed by atoms with Crippen molar-refractivity contribution in [3.8, 4) is 0 Å². The fraction of sp³-hybridized carbons (Fsp3) is 0.462. The van der Waals surface area contributed by atoms with Crippen molar-refractivity contribution in [2.24, 2.45) is 5.92 Å². The third-order valence-corrected chi connectivity index (χ3v) is 7.36. The van der Waals surface area contributed by atoms with Gasteiger partial charge in [-0.2, -0.15) is 0 Å². The van der Waals surface area contributed by atoms with Crippen LogP contribution in [0.2, 0.25) is 0 Å². The smallest absolute Gasteiger partial charge is 0.247 e. The molecule has 1 aliphatic carbocycles. The molecule has 2 aliphatic heterocycles. The van der Waals surface area contributed by atoms with Crippen molar-refractivity contribution in [3.05, 3.63) is 66.2 Å². The molecule has 168 valence electrons. The number of anilines is 1. The minimum absolute atomic E-state index is 0.0937. The molecular formula is C26H32N4O2. The van der Waals surface area contributed by atoms with E-state index in [2.05, 4.69) is 51.6 Å². The third kappa shape index (κ3) is 3.99. The van der Waals surface area contributed by atoms with Crippen molar-refractivity contribution >= 4 is 17.5 Å². The molecule has 1 saturated carbocycles. The van der Waals surface area contributed by atoms with E-state index in [1.807, 2.05) is 36.4 Å². The first kappa shape index (κ1) is 21.0. The summed E-state index contributed by atoms with van der Waals surface area (Å²) in [5, 5.41) is 6.28. The van der Waals surface area contributed by atoms with Crippen LogP contribution in [0.25, 0.3) is 0 Å². The second-order valence-electron chi connectivity index (χ2n) is 9.53.